The summed E-state index contributed by atoms with van der Waals surface area (Å²) in [4.78, 5) is 7.47. The van der Waals surface area contributed by atoms with E-state index in [9.17, 15) is 0 Å². The molecule has 3 heteroatoms. The number of rotatable bonds is 1. The van der Waals surface area contributed by atoms with Gasteiger partial charge in [0.2, 0.25) is 0 Å². The second kappa shape index (κ2) is 3.95. The summed E-state index contributed by atoms with van der Waals surface area (Å²) in [6, 6.07) is 0. The zero-order valence-corrected chi connectivity index (χ0v) is 5.15. The van der Waals surface area contributed by atoms with Gasteiger partial charge in [-0.3, -0.25) is 0 Å². The third-order valence-corrected chi connectivity index (χ3v) is 1.06. The van der Waals surface area contributed by atoms with E-state index in [4.69, 9.17) is 5.11 Å². The van der Waals surface area contributed by atoms with Gasteiger partial charge in [0.15, 0.2) is 0 Å². The van der Waals surface area contributed by atoms with Crippen LogP contribution in [0.5, 0.6) is 0 Å². The van der Waals surface area contributed by atoms with Gasteiger partial charge in [-0.05, 0) is 6.92 Å². The van der Waals surface area contributed by atoms with Crippen LogP contribution in [0.15, 0.2) is 18.7 Å². The number of aromatic nitrogens is 2. The van der Waals surface area contributed by atoms with E-state index in [1.165, 1.54) is 6.33 Å². The van der Waals surface area contributed by atoms with Gasteiger partial charge < -0.3 is 5.11 Å². The highest BCUT2D eigenvalue weighted by Gasteiger charge is 1.97. The van der Waals surface area contributed by atoms with Crippen molar-refractivity contribution in [2.45, 2.75) is 20.5 Å². The molecule has 0 bridgehead atoms. The van der Waals surface area contributed by atoms with Crippen LogP contribution in [-0.4, -0.2) is 15.1 Å². The maximum Gasteiger partial charge on any atom is 0.115 e. The minimum atomic E-state index is -0.466. The monoisotopic (exact) mass is 140 g/mol. The maximum absolute atomic E-state index is 8.94. The van der Waals surface area contributed by atoms with Crippen LogP contribution < -0.4 is 0 Å². The molecule has 1 N–H and O–H groups in total. The average molecular weight is 140 g/mol. The number of aliphatic hydroxyl groups is 1. The second-order valence-electron chi connectivity index (χ2n) is 1.85. The molecule has 0 aliphatic carbocycles. The Morgan fingerprint density at radius 1 is 1.40 bits per heavy atom. The van der Waals surface area contributed by atoms with Crippen molar-refractivity contribution in [2.75, 3.05) is 0 Å². The first-order chi connectivity index (χ1) is 4.30. The largest absolute Gasteiger partial charge is 0.389 e. The van der Waals surface area contributed by atoms with Crippen LogP contribution in [0.25, 0.3) is 0 Å². The van der Waals surface area contributed by atoms with Crippen LogP contribution in [0.1, 0.15) is 26.0 Å². The standard InChI is InChI=1S/C6H8N2O.CH4/c1-5(9)6-2-7-4-8-3-6;/h2-5,9H,1H3;1H4. The van der Waals surface area contributed by atoms with Gasteiger partial charge in [-0.25, -0.2) is 9.97 Å². The summed E-state index contributed by atoms with van der Waals surface area (Å²) >= 11 is 0. The Hall–Kier alpha value is -0.960. The molecular weight excluding hydrogens is 128 g/mol. The summed E-state index contributed by atoms with van der Waals surface area (Å²) in [6.45, 7) is 1.68. The van der Waals surface area contributed by atoms with Gasteiger partial charge in [0.05, 0.1) is 6.10 Å². The van der Waals surface area contributed by atoms with Crippen LogP contribution in [0.2, 0.25) is 0 Å². The Bertz CT molecular complexity index is 174. The number of hydrogen-bond acceptors (Lipinski definition) is 3. The molecule has 0 aliphatic heterocycles. The number of nitrogens with zero attached hydrogens (tertiary/aromatic N) is 2. The van der Waals surface area contributed by atoms with Gasteiger partial charge in [-0.15, -0.1) is 0 Å². The topological polar surface area (TPSA) is 46.0 Å². The first kappa shape index (κ1) is 9.04. The molecule has 3 nitrogen and oxygen atoms in total. The molecule has 1 heterocycles. The summed E-state index contributed by atoms with van der Waals surface area (Å²) < 4.78 is 0. The normalized spacial score (nSPS) is 11.8. The molecule has 1 aromatic rings. The zero-order valence-electron chi connectivity index (χ0n) is 5.15. The Balaban J connectivity index is 0.000000810. The summed E-state index contributed by atoms with van der Waals surface area (Å²) in [7, 11) is 0. The van der Waals surface area contributed by atoms with Gasteiger partial charge in [0.1, 0.15) is 6.33 Å². The second-order valence-corrected chi connectivity index (χ2v) is 1.85. The SMILES string of the molecule is C.CC(O)c1cncnc1. The first-order valence-electron chi connectivity index (χ1n) is 2.73. The Morgan fingerprint density at radius 2 is 1.90 bits per heavy atom. The Kier molecular flexibility index (Phi) is 3.57. The van der Waals surface area contributed by atoms with Gasteiger partial charge in [0, 0.05) is 18.0 Å². The summed E-state index contributed by atoms with van der Waals surface area (Å²) in [5.41, 5.74) is 0.748. The van der Waals surface area contributed by atoms with Gasteiger partial charge in [-0.2, -0.15) is 0 Å². The summed E-state index contributed by atoms with van der Waals surface area (Å²) in [5.74, 6) is 0. The molecule has 0 saturated heterocycles. The molecular formula is C7H12N2O. The van der Waals surface area contributed by atoms with Gasteiger partial charge in [-0.1, -0.05) is 7.43 Å². The third-order valence-electron chi connectivity index (χ3n) is 1.06. The van der Waals surface area contributed by atoms with Crippen molar-refractivity contribution in [2.24, 2.45) is 0 Å². The lowest BCUT2D eigenvalue weighted by Crippen LogP contribution is -1.91. The predicted octanol–water partition coefficient (Wildman–Crippen LogP) is 1.17. The van der Waals surface area contributed by atoms with E-state index >= 15 is 0 Å². The van der Waals surface area contributed by atoms with E-state index in [-0.39, 0.29) is 7.43 Å². The maximum atomic E-state index is 8.94. The van der Waals surface area contributed by atoms with Gasteiger partial charge >= 0.3 is 0 Å². The number of hydrogen-bond donors (Lipinski definition) is 1. The molecule has 1 rings (SSSR count). The highest BCUT2D eigenvalue weighted by Crippen LogP contribution is 2.05. The van der Waals surface area contributed by atoms with Crippen molar-refractivity contribution in [1.82, 2.24) is 9.97 Å². The van der Waals surface area contributed by atoms with Gasteiger partial charge in [0.25, 0.3) is 0 Å². The molecule has 0 aliphatic rings. The lowest BCUT2D eigenvalue weighted by Gasteiger charge is -1.99. The molecule has 0 saturated carbocycles. The van der Waals surface area contributed by atoms with Crippen LogP contribution >= 0.6 is 0 Å². The quantitative estimate of drug-likeness (QED) is 0.636. The summed E-state index contributed by atoms with van der Waals surface area (Å²) in [6.07, 6.45) is 4.16. The lowest BCUT2D eigenvalue weighted by atomic mass is 10.2. The fourth-order valence-corrected chi connectivity index (χ4v) is 0.526. The fraction of sp³-hybridized carbons (Fsp3) is 0.429. The van der Waals surface area contributed by atoms with Crippen LogP contribution in [0.4, 0.5) is 0 Å². The molecule has 10 heavy (non-hydrogen) atoms. The van der Waals surface area contributed by atoms with Crippen LogP contribution in [0, 0.1) is 0 Å². The molecule has 56 valence electrons. The first-order valence-corrected chi connectivity index (χ1v) is 2.73. The zero-order chi connectivity index (χ0) is 6.69. The fourth-order valence-electron chi connectivity index (χ4n) is 0.526. The number of aliphatic hydroxyl groups excluding tert-OH is 1. The molecule has 1 unspecified atom stereocenters. The molecule has 0 aromatic carbocycles. The van der Waals surface area contributed by atoms with Crippen molar-refractivity contribution in [3.05, 3.63) is 24.3 Å². The molecule has 0 radical (unpaired) electrons. The highest BCUT2D eigenvalue weighted by atomic mass is 16.3. The van der Waals surface area contributed by atoms with Crippen molar-refractivity contribution < 1.29 is 5.11 Å². The van der Waals surface area contributed by atoms with E-state index in [0.717, 1.165) is 5.56 Å². The molecule has 0 spiro atoms. The molecule has 1 atom stereocenters. The van der Waals surface area contributed by atoms with Crippen LogP contribution in [0.3, 0.4) is 0 Å². The third kappa shape index (κ3) is 2.11. The minimum absolute atomic E-state index is 0. The predicted molar refractivity (Wildman–Crippen MR) is 39.4 cm³/mol. The van der Waals surface area contributed by atoms with Crippen molar-refractivity contribution in [3.63, 3.8) is 0 Å². The van der Waals surface area contributed by atoms with Crippen LogP contribution in [-0.2, 0) is 0 Å². The van der Waals surface area contributed by atoms with E-state index in [2.05, 4.69) is 9.97 Å². The van der Waals surface area contributed by atoms with Crippen molar-refractivity contribution in [3.8, 4) is 0 Å². The minimum Gasteiger partial charge on any atom is -0.389 e. The molecule has 1 aromatic heterocycles. The highest BCUT2D eigenvalue weighted by molar-refractivity contribution is 5.04. The van der Waals surface area contributed by atoms with E-state index in [1.807, 2.05) is 0 Å². The molecule has 0 fully saturated rings. The smallest absolute Gasteiger partial charge is 0.115 e. The Labute approximate surface area is 60.8 Å². The Morgan fingerprint density at radius 3 is 2.20 bits per heavy atom. The lowest BCUT2D eigenvalue weighted by molar-refractivity contribution is 0.198. The van der Waals surface area contributed by atoms with Crippen molar-refractivity contribution >= 4 is 0 Å². The van der Waals surface area contributed by atoms with E-state index in [0.29, 0.717) is 0 Å². The van der Waals surface area contributed by atoms with Crippen molar-refractivity contribution in [1.29, 1.82) is 0 Å². The summed E-state index contributed by atoms with van der Waals surface area (Å²) in [5, 5.41) is 8.94. The van der Waals surface area contributed by atoms with E-state index in [1.54, 1.807) is 19.3 Å². The average Bonchev–Trinajstić information content (AvgIpc) is 1.90. The van der Waals surface area contributed by atoms with E-state index < -0.39 is 6.10 Å². The molecule has 0 amide bonds.